The first kappa shape index (κ1) is 19.9. The molecule has 0 unspecified atom stereocenters. The molecular weight excluding hydrogens is 371 g/mol. The fourth-order valence-corrected chi connectivity index (χ4v) is 2.49. The summed E-state index contributed by atoms with van der Waals surface area (Å²) in [6.45, 7) is 0.585. The van der Waals surface area contributed by atoms with Crippen molar-refractivity contribution in [1.82, 2.24) is 0 Å². The summed E-state index contributed by atoms with van der Waals surface area (Å²) in [6.07, 6.45) is -17.8. The van der Waals surface area contributed by atoms with E-state index in [0.717, 1.165) is 6.92 Å². The summed E-state index contributed by atoms with van der Waals surface area (Å²) in [5.41, 5.74) is -4.66. The Morgan fingerprint density at radius 1 is 1.09 bits per heavy atom. The Morgan fingerprint density at radius 2 is 1.52 bits per heavy atom. The third-order valence-corrected chi connectivity index (χ3v) is 3.68. The predicted octanol–water partition coefficient (Wildman–Crippen LogP) is 4.59. The number of esters is 1. The first-order valence-electron chi connectivity index (χ1n) is 5.87. The van der Waals surface area contributed by atoms with E-state index in [4.69, 9.17) is 11.6 Å². The van der Waals surface area contributed by atoms with Crippen molar-refractivity contribution in [2.75, 3.05) is 6.61 Å². The second-order valence-corrected chi connectivity index (χ2v) is 5.04. The highest BCUT2D eigenvalue weighted by atomic mass is 35.5. The first-order valence-corrected chi connectivity index (χ1v) is 6.24. The van der Waals surface area contributed by atoms with E-state index in [2.05, 4.69) is 4.74 Å². The van der Waals surface area contributed by atoms with Crippen molar-refractivity contribution in [1.29, 1.82) is 0 Å². The lowest BCUT2D eigenvalue weighted by molar-refractivity contribution is -0.308. The Bertz CT molecular complexity index is 489. The summed E-state index contributed by atoms with van der Waals surface area (Å²) in [7, 11) is 0. The number of carbonyl (C=O) groups is 1. The highest BCUT2D eigenvalue weighted by Crippen LogP contribution is 2.75. The minimum Gasteiger partial charge on any atom is -0.466 e. The molecule has 0 heterocycles. The Labute approximate surface area is 128 Å². The third-order valence-electron chi connectivity index (χ3n) is 3.34. The second-order valence-electron chi connectivity index (χ2n) is 4.63. The van der Waals surface area contributed by atoms with Crippen LogP contribution in [0.4, 0.5) is 39.5 Å². The van der Waals surface area contributed by atoms with E-state index in [1.807, 2.05) is 0 Å². The van der Waals surface area contributed by atoms with Gasteiger partial charge in [0.2, 0.25) is 0 Å². The topological polar surface area (TPSA) is 26.3 Å². The molecule has 0 N–H and O–H groups in total. The molecule has 1 aliphatic rings. The lowest BCUT2D eigenvalue weighted by Crippen LogP contribution is -2.42. The molecule has 23 heavy (non-hydrogen) atoms. The van der Waals surface area contributed by atoms with Crippen molar-refractivity contribution in [3.63, 3.8) is 0 Å². The van der Waals surface area contributed by atoms with Crippen molar-refractivity contribution < 1.29 is 49.0 Å². The molecule has 0 aromatic heterocycles. The zero-order valence-corrected chi connectivity index (χ0v) is 11.8. The Morgan fingerprint density at radius 3 is 1.83 bits per heavy atom. The molecule has 0 amide bonds. The molecule has 1 fully saturated rings. The van der Waals surface area contributed by atoms with Crippen molar-refractivity contribution in [2.24, 2.45) is 17.3 Å². The summed E-state index contributed by atoms with van der Waals surface area (Å²) in [6, 6.07) is 0. The molecule has 0 radical (unpaired) electrons. The lowest BCUT2D eigenvalue weighted by Gasteiger charge is -2.24. The molecule has 134 valence electrons. The minimum atomic E-state index is -6.02. The van der Waals surface area contributed by atoms with Crippen LogP contribution in [0.1, 0.15) is 6.92 Å². The third kappa shape index (κ3) is 3.24. The largest absolute Gasteiger partial charge is 0.466 e. The van der Waals surface area contributed by atoms with Crippen molar-refractivity contribution in [3.05, 3.63) is 11.1 Å². The quantitative estimate of drug-likeness (QED) is 0.530. The fourth-order valence-electron chi connectivity index (χ4n) is 2.35. The predicted molar refractivity (Wildman–Crippen MR) is 58.1 cm³/mol. The Kier molecular flexibility index (Phi) is 4.98. The highest BCUT2D eigenvalue weighted by molar-refractivity contribution is 6.30. The zero-order chi connectivity index (χ0) is 18.4. The normalized spacial score (nSPS) is 25.3. The number of ether oxygens (including phenoxy) is 1. The van der Waals surface area contributed by atoms with Crippen LogP contribution in [-0.4, -0.2) is 31.1 Å². The maximum atomic E-state index is 13.0. The van der Waals surface area contributed by atoms with Crippen LogP contribution in [0.25, 0.3) is 0 Å². The number of hydrogen-bond donors (Lipinski definition) is 0. The molecule has 2 nitrogen and oxygen atoms in total. The summed E-state index contributed by atoms with van der Waals surface area (Å²) < 4.78 is 119. The van der Waals surface area contributed by atoms with Gasteiger partial charge in [0.25, 0.3) is 0 Å². The zero-order valence-electron chi connectivity index (χ0n) is 11.0. The van der Waals surface area contributed by atoms with Gasteiger partial charge in [0.05, 0.1) is 12.5 Å². The summed E-state index contributed by atoms with van der Waals surface area (Å²) in [5.74, 6) is -7.62. The van der Waals surface area contributed by atoms with E-state index < -0.39 is 59.5 Å². The maximum Gasteiger partial charge on any atom is 0.426 e. The SMILES string of the molecule is CCOC(=O)[C@@H]1[C@@H](/C=C(\Cl)C(F)(F)F)C1(C(F)(F)F)C(F)(F)F. The molecule has 1 rings (SSSR count). The van der Waals surface area contributed by atoms with Crippen LogP contribution in [0.3, 0.4) is 0 Å². The molecule has 0 aliphatic heterocycles. The number of hydrogen-bond acceptors (Lipinski definition) is 2. The second kappa shape index (κ2) is 5.75. The van der Waals surface area contributed by atoms with E-state index in [1.54, 1.807) is 0 Å². The van der Waals surface area contributed by atoms with Gasteiger partial charge in [-0.1, -0.05) is 17.7 Å². The van der Waals surface area contributed by atoms with Gasteiger partial charge in [0, 0.05) is 5.92 Å². The smallest absolute Gasteiger partial charge is 0.426 e. The van der Waals surface area contributed by atoms with Gasteiger partial charge in [-0.2, -0.15) is 39.5 Å². The van der Waals surface area contributed by atoms with Crippen molar-refractivity contribution >= 4 is 17.6 Å². The van der Waals surface area contributed by atoms with Gasteiger partial charge >= 0.3 is 24.5 Å². The first-order chi connectivity index (χ1) is 10.1. The number of alkyl halides is 9. The highest BCUT2D eigenvalue weighted by Gasteiger charge is 2.91. The maximum absolute atomic E-state index is 13.0. The molecule has 1 aliphatic carbocycles. The van der Waals surface area contributed by atoms with Crippen LogP contribution >= 0.6 is 11.6 Å². The minimum absolute atomic E-state index is 0.440. The summed E-state index contributed by atoms with van der Waals surface area (Å²) in [5, 5.41) is -2.17. The number of allylic oxidation sites excluding steroid dienone is 2. The van der Waals surface area contributed by atoms with E-state index >= 15 is 0 Å². The van der Waals surface area contributed by atoms with E-state index in [0.29, 0.717) is 0 Å². The van der Waals surface area contributed by atoms with Gasteiger partial charge in [-0.15, -0.1) is 0 Å². The molecule has 0 aromatic rings. The number of halogens is 10. The number of rotatable bonds is 3. The summed E-state index contributed by atoms with van der Waals surface area (Å²) >= 11 is 4.72. The molecule has 0 saturated heterocycles. The average Bonchev–Trinajstić information content (AvgIpc) is 2.97. The van der Waals surface area contributed by atoms with Gasteiger partial charge in [-0.3, -0.25) is 4.79 Å². The van der Waals surface area contributed by atoms with Gasteiger partial charge in [0.1, 0.15) is 5.03 Å². The van der Waals surface area contributed by atoms with Crippen LogP contribution < -0.4 is 0 Å². The van der Waals surface area contributed by atoms with Gasteiger partial charge < -0.3 is 4.74 Å². The lowest BCUT2D eigenvalue weighted by atomic mass is 10.00. The van der Waals surface area contributed by atoms with Crippen LogP contribution in [0, 0.1) is 17.3 Å². The van der Waals surface area contributed by atoms with Crippen molar-refractivity contribution in [2.45, 2.75) is 25.5 Å². The number of carbonyl (C=O) groups excluding carboxylic acids is 1. The fraction of sp³-hybridized carbons (Fsp3) is 0.727. The Balaban J connectivity index is 3.43. The van der Waals surface area contributed by atoms with Crippen LogP contribution in [0.2, 0.25) is 0 Å². The van der Waals surface area contributed by atoms with Crippen molar-refractivity contribution in [3.8, 4) is 0 Å². The van der Waals surface area contributed by atoms with Crippen LogP contribution in [0.5, 0.6) is 0 Å². The molecule has 0 spiro atoms. The molecule has 2 atom stereocenters. The monoisotopic (exact) mass is 378 g/mol. The molecule has 1 saturated carbocycles. The van der Waals surface area contributed by atoms with Gasteiger partial charge in [0.15, 0.2) is 5.41 Å². The van der Waals surface area contributed by atoms with E-state index in [9.17, 15) is 44.3 Å². The summed E-state index contributed by atoms with van der Waals surface area (Å²) in [4.78, 5) is 11.4. The Hall–Kier alpha value is -1.13. The molecule has 12 heteroatoms. The van der Waals surface area contributed by atoms with E-state index in [1.165, 1.54) is 0 Å². The van der Waals surface area contributed by atoms with E-state index in [-0.39, 0.29) is 0 Å². The van der Waals surface area contributed by atoms with Crippen LogP contribution in [-0.2, 0) is 9.53 Å². The molecule has 0 aromatic carbocycles. The molecule has 0 bridgehead atoms. The standard InChI is InChI=1S/C11H8ClF9O2/c1-2-23-7(22)6-4(3-5(12)9(13,14)15)8(6,10(16,17)18)11(19,20)21/h3-4,6H,2H2,1H3/b5-3-/t4-,6+/m1/s1. The molecular formula is C11H8ClF9O2. The van der Waals surface area contributed by atoms with Gasteiger partial charge in [-0.25, -0.2) is 0 Å². The van der Waals surface area contributed by atoms with Gasteiger partial charge in [-0.05, 0) is 6.92 Å². The average molecular weight is 379 g/mol. The van der Waals surface area contributed by atoms with Crippen LogP contribution in [0.15, 0.2) is 11.1 Å².